The second-order valence-corrected chi connectivity index (χ2v) is 5.57. The zero-order valence-electron chi connectivity index (χ0n) is 13.9. The molecule has 2 aromatic carbocycles. The number of benzene rings is 2. The zero-order chi connectivity index (χ0) is 20.0. The van der Waals surface area contributed by atoms with E-state index in [1.165, 1.54) is 0 Å². The quantitative estimate of drug-likeness (QED) is 0.628. The van der Waals surface area contributed by atoms with Crippen LogP contribution < -0.4 is 10.1 Å². The Kier molecular flexibility index (Phi) is 6.46. The fourth-order valence-electron chi connectivity index (χ4n) is 2.09. The summed E-state index contributed by atoms with van der Waals surface area (Å²) in [4.78, 5) is 13.3. The van der Waals surface area contributed by atoms with Gasteiger partial charge in [-0.25, -0.2) is 9.78 Å². The van der Waals surface area contributed by atoms with E-state index in [0.29, 0.717) is 10.8 Å². The van der Waals surface area contributed by atoms with Crippen LogP contribution in [0.25, 0.3) is 10.8 Å². The molecular weight excluding hydrogens is 385 g/mol. The van der Waals surface area contributed by atoms with Crippen molar-refractivity contribution >= 4 is 39.8 Å². The van der Waals surface area contributed by atoms with Crippen LogP contribution in [0.1, 0.15) is 0 Å². The van der Waals surface area contributed by atoms with Crippen LogP contribution >= 0.6 is 11.6 Å². The van der Waals surface area contributed by atoms with E-state index in [4.69, 9.17) is 26.2 Å². The molecule has 0 saturated heterocycles. The molecule has 0 bridgehead atoms. The van der Waals surface area contributed by atoms with Crippen molar-refractivity contribution in [1.82, 2.24) is 4.98 Å². The third-order valence-corrected chi connectivity index (χ3v) is 3.64. The van der Waals surface area contributed by atoms with Crippen LogP contribution in [0.15, 0.2) is 54.7 Å². The van der Waals surface area contributed by atoms with Crippen molar-refractivity contribution < 1.29 is 27.8 Å². The lowest BCUT2D eigenvalue weighted by Crippen LogP contribution is -2.21. The van der Waals surface area contributed by atoms with Gasteiger partial charge in [0.1, 0.15) is 11.6 Å². The number of nitrogens with one attached hydrogen (secondary N) is 1. The average Bonchev–Trinajstić information content (AvgIpc) is 2.63. The van der Waals surface area contributed by atoms with Crippen LogP contribution in [0.5, 0.6) is 5.75 Å². The summed E-state index contributed by atoms with van der Waals surface area (Å²) < 4.78 is 37.0. The molecule has 0 unspecified atom stereocenters. The lowest BCUT2D eigenvalue weighted by molar-refractivity contribution is -0.192. The lowest BCUT2D eigenvalue weighted by Gasteiger charge is -2.10. The van der Waals surface area contributed by atoms with Gasteiger partial charge < -0.3 is 15.2 Å². The van der Waals surface area contributed by atoms with Crippen molar-refractivity contribution in [2.75, 3.05) is 12.4 Å². The first kappa shape index (κ1) is 20.3. The predicted molar refractivity (Wildman–Crippen MR) is 96.7 cm³/mol. The Labute approximate surface area is 157 Å². The topological polar surface area (TPSA) is 71.5 Å². The van der Waals surface area contributed by atoms with Crippen LogP contribution in [0.3, 0.4) is 0 Å². The van der Waals surface area contributed by atoms with Crippen molar-refractivity contribution in [3.8, 4) is 5.75 Å². The van der Waals surface area contributed by atoms with E-state index >= 15 is 0 Å². The number of carboxylic acid groups (broad SMARTS) is 1. The molecule has 0 saturated carbocycles. The number of pyridine rings is 1. The van der Waals surface area contributed by atoms with Crippen LogP contribution in [0.2, 0.25) is 5.02 Å². The van der Waals surface area contributed by atoms with Gasteiger partial charge in [0, 0.05) is 23.3 Å². The predicted octanol–water partition coefficient (Wildman–Crippen LogP) is 5.27. The fourth-order valence-corrected chi connectivity index (χ4v) is 2.29. The van der Waals surface area contributed by atoms with Gasteiger partial charge in [-0.3, -0.25) is 0 Å². The molecule has 27 heavy (non-hydrogen) atoms. The number of hydrogen-bond acceptors (Lipinski definition) is 4. The maximum atomic E-state index is 10.6. The van der Waals surface area contributed by atoms with Crippen LogP contribution in [0.4, 0.5) is 24.7 Å². The van der Waals surface area contributed by atoms with Crippen molar-refractivity contribution in [2.24, 2.45) is 0 Å². The number of carboxylic acids is 1. The van der Waals surface area contributed by atoms with Gasteiger partial charge in [0.25, 0.3) is 0 Å². The lowest BCUT2D eigenvalue weighted by atomic mass is 10.1. The summed E-state index contributed by atoms with van der Waals surface area (Å²) in [6.45, 7) is 0. The summed E-state index contributed by atoms with van der Waals surface area (Å²) >= 11 is 6.03. The number of halogens is 4. The number of fused-ring (bicyclic) bond motifs is 1. The molecule has 9 heteroatoms. The molecule has 1 heterocycles. The third-order valence-electron chi connectivity index (χ3n) is 3.33. The molecule has 0 aliphatic carbocycles. The first-order valence-corrected chi connectivity index (χ1v) is 7.84. The maximum Gasteiger partial charge on any atom is 0.490 e. The minimum absolute atomic E-state index is 0.587. The molecule has 0 radical (unpaired) electrons. The van der Waals surface area contributed by atoms with E-state index in [-0.39, 0.29) is 0 Å². The Morgan fingerprint density at radius 3 is 2.48 bits per heavy atom. The minimum Gasteiger partial charge on any atom is -0.495 e. The van der Waals surface area contributed by atoms with Gasteiger partial charge in [0.05, 0.1) is 12.1 Å². The second kappa shape index (κ2) is 8.59. The van der Waals surface area contributed by atoms with Gasteiger partial charge >= 0.3 is 12.1 Å². The van der Waals surface area contributed by atoms with Crippen molar-refractivity contribution in [1.29, 1.82) is 0 Å². The smallest absolute Gasteiger partial charge is 0.490 e. The Morgan fingerprint density at radius 1 is 1.19 bits per heavy atom. The van der Waals surface area contributed by atoms with Gasteiger partial charge in [-0.1, -0.05) is 35.9 Å². The Morgan fingerprint density at radius 2 is 1.85 bits per heavy atom. The Balaban J connectivity index is 0.000000321. The molecule has 0 fully saturated rings. The number of carbonyl (C=O) groups is 1. The summed E-state index contributed by atoms with van der Waals surface area (Å²) in [6, 6.07) is 15.6. The molecule has 1 aromatic heterocycles. The van der Waals surface area contributed by atoms with Crippen LogP contribution in [-0.4, -0.2) is 29.3 Å². The van der Waals surface area contributed by atoms with E-state index in [0.717, 1.165) is 22.3 Å². The second-order valence-electron chi connectivity index (χ2n) is 5.16. The Hall–Kier alpha value is -3.00. The first-order chi connectivity index (χ1) is 12.7. The highest BCUT2D eigenvalue weighted by Crippen LogP contribution is 2.30. The molecule has 3 rings (SSSR count). The normalized spacial score (nSPS) is 10.7. The highest BCUT2D eigenvalue weighted by molar-refractivity contribution is 6.32. The summed E-state index contributed by atoms with van der Waals surface area (Å²) in [5.41, 5.74) is 0.884. The van der Waals surface area contributed by atoms with Gasteiger partial charge in [-0.15, -0.1) is 0 Å². The summed E-state index contributed by atoms with van der Waals surface area (Å²) in [5.74, 6) is -1.31. The summed E-state index contributed by atoms with van der Waals surface area (Å²) in [7, 11) is 1.60. The molecular formula is C18H14ClF3N2O3. The zero-order valence-corrected chi connectivity index (χ0v) is 14.7. The van der Waals surface area contributed by atoms with E-state index in [9.17, 15) is 13.2 Å². The number of anilines is 2. The van der Waals surface area contributed by atoms with Gasteiger partial charge in [0.2, 0.25) is 0 Å². The molecule has 0 aliphatic heterocycles. The van der Waals surface area contributed by atoms with E-state index in [1.807, 2.05) is 36.4 Å². The number of rotatable bonds is 3. The number of alkyl halides is 3. The third kappa shape index (κ3) is 5.49. The van der Waals surface area contributed by atoms with Crippen LogP contribution in [0, 0.1) is 0 Å². The molecule has 142 valence electrons. The largest absolute Gasteiger partial charge is 0.495 e. The summed E-state index contributed by atoms with van der Waals surface area (Å²) in [6.07, 6.45) is -3.29. The van der Waals surface area contributed by atoms with Crippen molar-refractivity contribution in [3.05, 3.63) is 59.8 Å². The van der Waals surface area contributed by atoms with E-state index < -0.39 is 12.1 Å². The SMILES string of the molecule is COc1cc(Nc2nccc3ccccc23)ccc1Cl.O=C(O)C(F)(F)F. The number of methoxy groups -OCH3 is 1. The van der Waals surface area contributed by atoms with E-state index in [2.05, 4.69) is 16.4 Å². The highest BCUT2D eigenvalue weighted by atomic mass is 35.5. The van der Waals surface area contributed by atoms with Gasteiger partial charge in [0.15, 0.2) is 0 Å². The van der Waals surface area contributed by atoms with Crippen molar-refractivity contribution in [3.63, 3.8) is 0 Å². The number of nitrogens with zero attached hydrogens (tertiary/aromatic N) is 1. The molecule has 0 amide bonds. The molecule has 0 aliphatic rings. The first-order valence-electron chi connectivity index (χ1n) is 7.47. The standard InChI is InChI=1S/C16H13ClN2O.C2HF3O2/c1-20-15-10-12(6-7-14(15)17)19-16-13-5-3-2-4-11(13)8-9-18-16;3-2(4,5)1(6)7/h2-10H,1H3,(H,18,19);(H,6,7). The minimum atomic E-state index is -5.08. The number of aromatic nitrogens is 1. The maximum absolute atomic E-state index is 10.6. The average molecular weight is 399 g/mol. The van der Waals surface area contributed by atoms with E-state index in [1.54, 1.807) is 19.4 Å². The summed E-state index contributed by atoms with van der Waals surface area (Å²) in [5, 5.41) is 13.2. The highest BCUT2D eigenvalue weighted by Gasteiger charge is 2.38. The molecule has 0 spiro atoms. The molecule has 2 N–H and O–H groups in total. The van der Waals surface area contributed by atoms with Gasteiger partial charge in [-0.05, 0) is 23.6 Å². The number of ether oxygens (including phenoxy) is 1. The van der Waals surface area contributed by atoms with Crippen molar-refractivity contribution in [2.45, 2.75) is 6.18 Å². The monoisotopic (exact) mass is 398 g/mol. The Bertz CT molecular complexity index is 943. The number of hydrogen-bond donors (Lipinski definition) is 2. The van der Waals surface area contributed by atoms with Gasteiger partial charge in [-0.2, -0.15) is 13.2 Å². The molecule has 3 aromatic rings. The number of aliphatic carboxylic acids is 1. The molecule has 5 nitrogen and oxygen atoms in total. The van der Waals surface area contributed by atoms with Crippen LogP contribution in [-0.2, 0) is 4.79 Å². The fraction of sp³-hybridized carbons (Fsp3) is 0.111. The molecule has 0 atom stereocenters.